The zero-order valence-electron chi connectivity index (χ0n) is 11.7. The molecule has 108 valence electrons. The fourth-order valence-corrected chi connectivity index (χ4v) is 2.24. The minimum Gasteiger partial charge on any atom is -0.349 e. The molecule has 0 radical (unpaired) electrons. The third-order valence-electron chi connectivity index (χ3n) is 3.31. The first-order valence-corrected chi connectivity index (χ1v) is 7.05. The molecule has 6 nitrogen and oxygen atoms in total. The summed E-state index contributed by atoms with van der Waals surface area (Å²) >= 11 is 0. The van der Waals surface area contributed by atoms with Gasteiger partial charge in [0.2, 0.25) is 0 Å². The Morgan fingerprint density at radius 3 is 3.00 bits per heavy atom. The summed E-state index contributed by atoms with van der Waals surface area (Å²) in [6, 6.07) is 3.96. The van der Waals surface area contributed by atoms with Crippen LogP contribution in [0.2, 0.25) is 0 Å². The molecule has 0 amide bonds. The molecule has 0 fully saturated rings. The molecule has 0 saturated carbocycles. The first kappa shape index (κ1) is 13.5. The Bertz CT molecular complexity index is 644. The highest BCUT2D eigenvalue weighted by Crippen LogP contribution is 2.19. The molecule has 0 aliphatic rings. The van der Waals surface area contributed by atoms with E-state index in [1.54, 1.807) is 12.4 Å². The molecule has 0 aliphatic heterocycles. The van der Waals surface area contributed by atoms with E-state index in [-0.39, 0.29) is 0 Å². The van der Waals surface area contributed by atoms with Gasteiger partial charge in [-0.1, -0.05) is 0 Å². The molecule has 3 aromatic rings. The summed E-state index contributed by atoms with van der Waals surface area (Å²) in [5.41, 5.74) is 3.24. The van der Waals surface area contributed by atoms with Crippen LogP contribution < -0.4 is 5.32 Å². The van der Waals surface area contributed by atoms with Gasteiger partial charge in [0.1, 0.15) is 5.82 Å². The number of rotatable bonds is 7. The zero-order chi connectivity index (χ0) is 14.3. The van der Waals surface area contributed by atoms with Gasteiger partial charge < -0.3 is 10.3 Å². The van der Waals surface area contributed by atoms with Crippen molar-refractivity contribution in [1.29, 1.82) is 0 Å². The molecular formula is C15H18N6. The first-order chi connectivity index (χ1) is 10.4. The molecule has 3 heterocycles. The largest absolute Gasteiger partial charge is 0.349 e. The van der Waals surface area contributed by atoms with Crippen LogP contribution >= 0.6 is 0 Å². The average Bonchev–Trinajstić information content (AvgIpc) is 3.19. The second-order valence-electron chi connectivity index (χ2n) is 4.83. The number of aryl methyl sites for hydroxylation is 1. The van der Waals surface area contributed by atoms with Gasteiger partial charge in [0.05, 0.1) is 11.9 Å². The lowest BCUT2D eigenvalue weighted by molar-refractivity contribution is 0.641. The van der Waals surface area contributed by atoms with Gasteiger partial charge in [-0.3, -0.25) is 10.1 Å². The summed E-state index contributed by atoms with van der Waals surface area (Å²) < 4.78 is 0. The lowest BCUT2D eigenvalue weighted by Crippen LogP contribution is -2.15. The Balaban J connectivity index is 1.49. The number of nitrogens with zero attached hydrogens (tertiary/aromatic N) is 3. The van der Waals surface area contributed by atoms with Crippen molar-refractivity contribution in [3.63, 3.8) is 0 Å². The summed E-state index contributed by atoms with van der Waals surface area (Å²) in [6.45, 7) is 1.73. The number of pyridine rings is 1. The highest BCUT2D eigenvalue weighted by Gasteiger charge is 2.07. The SMILES string of the molecule is c1cncc(-c2[nH]ncc2CNCCCc2ncc[nH]2)c1. The molecule has 6 heteroatoms. The van der Waals surface area contributed by atoms with Gasteiger partial charge in [-0.2, -0.15) is 5.10 Å². The topological polar surface area (TPSA) is 82.3 Å². The predicted octanol–water partition coefficient (Wildman–Crippen LogP) is 1.92. The number of nitrogens with one attached hydrogen (secondary N) is 3. The van der Waals surface area contributed by atoms with Crippen LogP contribution in [-0.4, -0.2) is 31.7 Å². The van der Waals surface area contributed by atoms with Crippen molar-refractivity contribution in [3.05, 3.63) is 54.5 Å². The van der Waals surface area contributed by atoms with Gasteiger partial charge in [-0.25, -0.2) is 4.98 Å². The van der Waals surface area contributed by atoms with Gasteiger partial charge in [0, 0.05) is 48.9 Å². The Kier molecular flexibility index (Phi) is 4.38. The summed E-state index contributed by atoms with van der Waals surface area (Å²) in [4.78, 5) is 11.5. The van der Waals surface area contributed by atoms with E-state index in [1.807, 2.05) is 30.7 Å². The van der Waals surface area contributed by atoms with Crippen LogP contribution in [0, 0.1) is 0 Å². The van der Waals surface area contributed by atoms with Gasteiger partial charge in [0.25, 0.3) is 0 Å². The number of hydrogen-bond donors (Lipinski definition) is 3. The number of aromatic amines is 2. The van der Waals surface area contributed by atoms with Crippen molar-refractivity contribution in [2.24, 2.45) is 0 Å². The standard InChI is InChI=1S/C15H18N6/c1-3-12(9-16-5-1)15-13(11-20-21-15)10-17-6-2-4-14-18-7-8-19-14/h1,3,5,7-9,11,17H,2,4,6,10H2,(H,18,19)(H,20,21). The van der Waals surface area contributed by atoms with E-state index in [4.69, 9.17) is 0 Å². The summed E-state index contributed by atoms with van der Waals surface area (Å²) in [5, 5.41) is 10.6. The fraction of sp³-hybridized carbons (Fsp3) is 0.267. The quantitative estimate of drug-likeness (QED) is 0.578. The van der Waals surface area contributed by atoms with Gasteiger partial charge >= 0.3 is 0 Å². The van der Waals surface area contributed by atoms with E-state index in [9.17, 15) is 0 Å². The lowest BCUT2D eigenvalue weighted by Gasteiger charge is -2.05. The Labute approximate surface area is 123 Å². The molecule has 0 aromatic carbocycles. The maximum atomic E-state index is 4.21. The molecule has 0 aliphatic carbocycles. The molecule has 3 aromatic heterocycles. The van der Waals surface area contributed by atoms with Crippen LogP contribution in [0.5, 0.6) is 0 Å². The van der Waals surface area contributed by atoms with Crippen molar-refractivity contribution in [3.8, 4) is 11.3 Å². The number of H-pyrrole nitrogens is 2. The van der Waals surface area contributed by atoms with Gasteiger partial charge in [-0.05, 0) is 25.1 Å². The van der Waals surface area contributed by atoms with Crippen molar-refractivity contribution in [2.75, 3.05) is 6.54 Å². The van der Waals surface area contributed by atoms with Crippen LogP contribution in [0.1, 0.15) is 17.8 Å². The van der Waals surface area contributed by atoms with Gasteiger partial charge in [0.15, 0.2) is 0 Å². The minimum absolute atomic E-state index is 0.791. The fourth-order valence-electron chi connectivity index (χ4n) is 2.24. The zero-order valence-corrected chi connectivity index (χ0v) is 11.7. The minimum atomic E-state index is 0.791. The average molecular weight is 282 g/mol. The Hall–Kier alpha value is -2.47. The van der Waals surface area contributed by atoms with Crippen LogP contribution in [0.4, 0.5) is 0 Å². The van der Waals surface area contributed by atoms with E-state index in [0.29, 0.717) is 0 Å². The molecule has 21 heavy (non-hydrogen) atoms. The third-order valence-corrected chi connectivity index (χ3v) is 3.31. The first-order valence-electron chi connectivity index (χ1n) is 7.05. The normalized spacial score (nSPS) is 10.9. The van der Waals surface area contributed by atoms with Crippen molar-refractivity contribution >= 4 is 0 Å². The van der Waals surface area contributed by atoms with Crippen LogP contribution in [0.25, 0.3) is 11.3 Å². The molecular weight excluding hydrogens is 264 g/mol. The van der Waals surface area contributed by atoms with E-state index in [0.717, 1.165) is 48.6 Å². The van der Waals surface area contributed by atoms with Crippen molar-refractivity contribution in [1.82, 2.24) is 30.5 Å². The maximum absolute atomic E-state index is 4.21. The molecule has 0 saturated heterocycles. The molecule has 3 rings (SSSR count). The van der Waals surface area contributed by atoms with Crippen LogP contribution in [0.3, 0.4) is 0 Å². The summed E-state index contributed by atoms with van der Waals surface area (Å²) in [5.74, 6) is 1.04. The maximum Gasteiger partial charge on any atom is 0.106 e. The second kappa shape index (κ2) is 6.81. The smallest absolute Gasteiger partial charge is 0.106 e. The molecule has 0 bridgehead atoms. The van der Waals surface area contributed by atoms with Gasteiger partial charge in [-0.15, -0.1) is 0 Å². The van der Waals surface area contributed by atoms with E-state index in [1.165, 1.54) is 0 Å². The Morgan fingerprint density at radius 1 is 1.19 bits per heavy atom. The molecule has 0 unspecified atom stereocenters. The second-order valence-corrected chi connectivity index (χ2v) is 4.83. The highest BCUT2D eigenvalue weighted by molar-refractivity contribution is 5.61. The number of imidazole rings is 1. The molecule has 0 atom stereocenters. The van der Waals surface area contributed by atoms with Crippen LogP contribution in [-0.2, 0) is 13.0 Å². The van der Waals surface area contributed by atoms with E-state index < -0.39 is 0 Å². The number of hydrogen-bond acceptors (Lipinski definition) is 4. The Morgan fingerprint density at radius 2 is 2.19 bits per heavy atom. The van der Waals surface area contributed by atoms with E-state index in [2.05, 4.69) is 30.5 Å². The van der Waals surface area contributed by atoms with E-state index >= 15 is 0 Å². The summed E-state index contributed by atoms with van der Waals surface area (Å²) in [6.07, 6.45) is 11.1. The lowest BCUT2D eigenvalue weighted by atomic mass is 10.1. The van der Waals surface area contributed by atoms with Crippen molar-refractivity contribution in [2.45, 2.75) is 19.4 Å². The highest BCUT2D eigenvalue weighted by atomic mass is 15.1. The van der Waals surface area contributed by atoms with Crippen molar-refractivity contribution < 1.29 is 0 Å². The monoisotopic (exact) mass is 282 g/mol. The van der Waals surface area contributed by atoms with Crippen LogP contribution in [0.15, 0.2) is 43.1 Å². The third kappa shape index (κ3) is 3.55. The number of aromatic nitrogens is 5. The molecule has 0 spiro atoms. The molecule has 3 N–H and O–H groups in total. The predicted molar refractivity (Wildman–Crippen MR) is 80.4 cm³/mol. The summed E-state index contributed by atoms with van der Waals surface area (Å²) in [7, 11) is 0.